The lowest BCUT2D eigenvalue weighted by Gasteiger charge is -2.33. The Labute approximate surface area is 341 Å². The van der Waals surface area contributed by atoms with Crippen molar-refractivity contribution < 1.29 is 22.9 Å². The van der Waals surface area contributed by atoms with Gasteiger partial charge in [-0.15, -0.1) is 5.10 Å². The highest BCUT2D eigenvalue weighted by Crippen LogP contribution is 2.34. The van der Waals surface area contributed by atoms with Gasteiger partial charge < -0.3 is 26.1 Å². The average Bonchev–Trinajstić information content (AvgIpc) is 3.93. The van der Waals surface area contributed by atoms with Crippen molar-refractivity contribution in [2.45, 2.75) is 68.9 Å². The molecule has 0 saturated carbocycles. The molecule has 3 unspecified atom stereocenters. The number of imide groups is 1. The average molecular weight is 827 g/mol. The standard InChI is InChI=1S/C40H47FN12O5S/c1-23(2)58-36-35(27(18-42)19-43)44-22-52-37(36)47-39(48-52)45-30-6-5-28(17-29(30)41)59(57)51-15-10-24(21-51)20-50-13-11-25(12-14-50)26-4-7-31-33(16-26)49(3)40(56)53(31)32-8-9-34(54)46-38(32)55/h4-7,16-19,22-25,32,42H,8-15,20-21,43H2,1-3H3,(H,45,48)(H,46,54,55)/b27-19+,42-18?. The van der Waals surface area contributed by atoms with Crippen molar-refractivity contribution in [1.82, 2.24) is 43.2 Å². The molecule has 0 radical (unpaired) electrons. The van der Waals surface area contributed by atoms with Crippen molar-refractivity contribution >= 4 is 62.9 Å². The third kappa shape index (κ3) is 7.88. The quantitative estimate of drug-likeness (QED) is 0.106. The minimum Gasteiger partial charge on any atom is -0.485 e. The number of likely N-dealkylation sites (tertiary alicyclic amines) is 1. The number of ether oxygens (including phenoxy) is 1. The molecule has 5 aromatic rings. The Morgan fingerprint density at radius 2 is 1.90 bits per heavy atom. The van der Waals surface area contributed by atoms with E-state index in [0.717, 1.165) is 56.2 Å². The molecule has 8 rings (SSSR count). The molecule has 59 heavy (non-hydrogen) atoms. The van der Waals surface area contributed by atoms with Gasteiger partial charge >= 0.3 is 5.69 Å². The van der Waals surface area contributed by atoms with E-state index in [2.05, 4.69) is 42.7 Å². The van der Waals surface area contributed by atoms with Crippen LogP contribution in [0.2, 0.25) is 0 Å². The number of nitrogens with one attached hydrogen (secondary N) is 3. The maximum Gasteiger partial charge on any atom is 0.329 e. The van der Waals surface area contributed by atoms with E-state index in [4.69, 9.17) is 15.9 Å². The first-order valence-electron chi connectivity index (χ1n) is 19.8. The number of nitrogens with zero attached hydrogens (tertiary/aromatic N) is 8. The lowest BCUT2D eigenvalue weighted by molar-refractivity contribution is -0.135. The molecule has 310 valence electrons. The number of amides is 2. The number of aryl methyl sites for hydroxylation is 1. The number of benzene rings is 2. The van der Waals surface area contributed by atoms with E-state index in [-0.39, 0.29) is 41.5 Å². The summed E-state index contributed by atoms with van der Waals surface area (Å²) in [5, 5.41) is 17.3. The molecule has 3 aliphatic rings. The summed E-state index contributed by atoms with van der Waals surface area (Å²) < 4.78 is 41.5. The Morgan fingerprint density at radius 3 is 2.61 bits per heavy atom. The summed E-state index contributed by atoms with van der Waals surface area (Å²) in [6, 6.07) is 9.78. The fraction of sp³-hybridized carbons (Fsp3) is 0.425. The summed E-state index contributed by atoms with van der Waals surface area (Å²) in [6.07, 6.45) is 6.82. The number of carbonyl (C=O) groups is 2. The maximum atomic E-state index is 15.5. The van der Waals surface area contributed by atoms with E-state index in [0.29, 0.717) is 58.7 Å². The monoisotopic (exact) mass is 826 g/mol. The number of carbonyl (C=O) groups excluding carboxylic acids is 2. The van der Waals surface area contributed by atoms with Gasteiger partial charge in [-0.25, -0.2) is 22.7 Å². The van der Waals surface area contributed by atoms with E-state index < -0.39 is 28.8 Å². The Morgan fingerprint density at radius 1 is 1.10 bits per heavy atom. The van der Waals surface area contributed by atoms with Gasteiger partial charge in [-0.3, -0.25) is 24.0 Å². The van der Waals surface area contributed by atoms with Crippen LogP contribution in [0.1, 0.15) is 69.2 Å². The highest BCUT2D eigenvalue weighted by molar-refractivity contribution is 7.82. The van der Waals surface area contributed by atoms with Gasteiger partial charge in [0.25, 0.3) is 0 Å². The number of rotatable bonds is 12. The highest BCUT2D eigenvalue weighted by atomic mass is 32.2. The summed E-state index contributed by atoms with van der Waals surface area (Å²) in [6.45, 7) is 7.70. The Kier molecular flexibility index (Phi) is 11.2. The Bertz CT molecular complexity index is 2580. The van der Waals surface area contributed by atoms with Crippen molar-refractivity contribution in [3.8, 4) is 5.75 Å². The van der Waals surface area contributed by atoms with Crippen LogP contribution < -0.4 is 26.8 Å². The second-order valence-electron chi connectivity index (χ2n) is 15.6. The van der Waals surface area contributed by atoms with Gasteiger partial charge in [0.15, 0.2) is 5.75 Å². The zero-order chi connectivity index (χ0) is 41.5. The van der Waals surface area contributed by atoms with Gasteiger partial charge in [0.2, 0.25) is 23.4 Å². The van der Waals surface area contributed by atoms with Gasteiger partial charge in [-0.2, -0.15) is 9.50 Å². The molecule has 19 heteroatoms. The first kappa shape index (κ1) is 40.0. The van der Waals surface area contributed by atoms with Crippen LogP contribution in [0, 0.1) is 17.1 Å². The van der Waals surface area contributed by atoms with Gasteiger partial charge in [0.1, 0.15) is 34.9 Å². The van der Waals surface area contributed by atoms with Gasteiger partial charge in [0.05, 0.1) is 27.7 Å². The van der Waals surface area contributed by atoms with Crippen LogP contribution in [-0.2, 0) is 27.6 Å². The van der Waals surface area contributed by atoms with Crippen molar-refractivity contribution in [3.05, 3.63) is 76.5 Å². The fourth-order valence-corrected chi connectivity index (χ4v) is 9.69. The molecule has 2 amide bonds. The van der Waals surface area contributed by atoms with Crippen LogP contribution in [0.5, 0.6) is 5.75 Å². The van der Waals surface area contributed by atoms with E-state index in [1.807, 2.05) is 24.2 Å². The highest BCUT2D eigenvalue weighted by Gasteiger charge is 2.33. The maximum absolute atomic E-state index is 15.5. The smallest absolute Gasteiger partial charge is 0.329 e. The number of imidazole rings is 1. The Balaban J connectivity index is 0.864. The summed E-state index contributed by atoms with van der Waals surface area (Å²) in [5.74, 6) is -0.320. The molecule has 2 aromatic carbocycles. The predicted octanol–water partition coefficient (Wildman–Crippen LogP) is 3.60. The van der Waals surface area contributed by atoms with Gasteiger partial charge in [0, 0.05) is 51.1 Å². The molecule has 0 bridgehead atoms. The lowest BCUT2D eigenvalue weighted by Crippen LogP contribution is -2.44. The number of piperidine rings is 2. The summed E-state index contributed by atoms with van der Waals surface area (Å²) in [7, 11) is 0.175. The van der Waals surface area contributed by atoms with Crippen molar-refractivity contribution in [2.24, 2.45) is 18.7 Å². The first-order valence-corrected chi connectivity index (χ1v) is 20.9. The van der Waals surface area contributed by atoms with Crippen molar-refractivity contribution in [3.63, 3.8) is 0 Å². The van der Waals surface area contributed by atoms with Crippen LogP contribution in [0.15, 0.2) is 58.6 Å². The molecule has 5 N–H and O–H groups in total. The summed E-state index contributed by atoms with van der Waals surface area (Å²) in [5.41, 5.74) is 9.15. The molecule has 3 atom stereocenters. The molecular weight excluding hydrogens is 780 g/mol. The largest absolute Gasteiger partial charge is 0.485 e. The fourth-order valence-electron chi connectivity index (χ4n) is 8.38. The predicted molar refractivity (Wildman–Crippen MR) is 220 cm³/mol. The number of hydrogen-bond donors (Lipinski definition) is 4. The van der Waals surface area contributed by atoms with Crippen LogP contribution in [0.25, 0.3) is 22.3 Å². The van der Waals surface area contributed by atoms with Gasteiger partial charge in [-0.1, -0.05) is 6.07 Å². The normalized spacial score (nSPS) is 20.5. The first-order chi connectivity index (χ1) is 28.4. The van der Waals surface area contributed by atoms with Crippen molar-refractivity contribution in [2.75, 3.05) is 38.0 Å². The number of aromatic nitrogens is 6. The molecular formula is C40H47FN12O5S. The SMILES string of the molecule is CC(C)Oc1c(/C(C=N)=C/N)ncn2nc(Nc3ccc(S(=O)N4CCC(CN5CCC(c6ccc7c(c6)n(C)c(=O)n7C6CCC(=O)NC6=O)CC5)C4)cc3F)nc12. The molecule has 3 aromatic heterocycles. The third-order valence-corrected chi connectivity index (χ3v) is 12.8. The number of hydrogen-bond acceptors (Lipinski definition) is 12. The number of nitrogens with two attached hydrogens (primary N) is 1. The van der Waals surface area contributed by atoms with E-state index in [1.165, 1.54) is 33.7 Å². The van der Waals surface area contributed by atoms with Gasteiger partial charge in [-0.05, 0) is 100 Å². The third-order valence-electron chi connectivity index (χ3n) is 11.4. The molecule has 3 fully saturated rings. The number of fused-ring (bicyclic) bond motifs is 2. The van der Waals surface area contributed by atoms with Crippen LogP contribution in [-0.4, -0.2) is 99.0 Å². The molecule has 0 aliphatic carbocycles. The number of halogens is 1. The van der Waals surface area contributed by atoms with Crippen LogP contribution in [0.4, 0.5) is 16.0 Å². The van der Waals surface area contributed by atoms with E-state index >= 15 is 4.39 Å². The molecule has 3 saturated heterocycles. The van der Waals surface area contributed by atoms with Crippen molar-refractivity contribution in [1.29, 1.82) is 5.41 Å². The Hall–Kier alpha value is -5.79. The van der Waals surface area contributed by atoms with E-state index in [9.17, 15) is 18.6 Å². The minimum atomic E-state index is -1.54. The second-order valence-corrected chi connectivity index (χ2v) is 17.1. The van der Waals surface area contributed by atoms with E-state index in [1.54, 1.807) is 17.7 Å². The molecule has 0 spiro atoms. The minimum absolute atomic E-state index is 0.0969. The van der Waals surface area contributed by atoms with Crippen LogP contribution in [0.3, 0.4) is 0 Å². The molecule has 3 aliphatic heterocycles. The zero-order valence-corrected chi connectivity index (χ0v) is 33.9. The number of anilines is 2. The second kappa shape index (κ2) is 16.5. The summed E-state index contributed by atoms with van der Waals surface area (Å²) >= 11 is 0. The number of allylic oxidation sites excluding steroid dienone is 1. The molecule has 17 nitrogen and oxygen atoms in total. The molecule has 6 heterocycles. The summed E-state index contributed by atoms with van der Waals surface area (Å²) in [4.78, 5) is 49.2. The van der Waals surface area contributed by atoms with Crippen LogP contribution >= 0.6 is 0 Å². The topological polar surface area (TPSA) is 211 Å². The zero-order valence-electron chi connectivity index (χ0n) is 33.1. The lowest BCUT2D eigenvalue weighted by atomic mass is 9.88.